The summed E-state index contributed by atoms with van der Waals surface area (Å²) in [5.74, 6) is 1.41. The Morgan fingerprint density at radius 1 is 1.11 bits per heavy atom. The third-order valence-electron chi connectivity index (χ3n) is 6.90. The quantitative estimate of drug-likeness (QED) is 0.358. The van der Waals surface area contributed by atoms with Gasteiger partial charge in [-0.05, 0) is 49.6 Å². The molecule has 0 saturated carbocycles. The molecular formula is C27H26FN7OS. The molecule has 1 aliphatic heterocycles. The van der Waals surface area contributed by atoms with E-state index in [4.69, 9.17) is 4.98 Å². The van der Waals surface area contributed by atoms with Gasteiger partial charge in [-0.3, -0.25) is 4.79 Å². The first-order valence-corrected chi connectivity index (χ1v) is 13.1. The second-order valence-corrected chi connectivity index (χ2v) is 10.1. The molecule has 5 aromatic rings. The molecule has 1 amide bonds. The SMILES string of the molecule is Cc1c(F)ccc2cc(C(C)Nc3ccnc4ccnn34)c(N3CCN(C(=O)c4cccs4)CC3)nc12. The summed E-state index contributed by atoms with van der Waals surface area (Å²) >= 11 is 1.46. The van der Waals surface area contributed by atoms with E-state index in [2.05, 4.69) is 33.3 Å². The second kappa shape index (κ2) is 9.44. The molecule has 1 fully saturated rings. The van der Waals surface area contributed by atoms with Crippen LogP contribution >= 0.6 is 11.3 Å². The van der Waals surface area contributed by atoms with Crippen LogP contribution in [0.5, 0.6) is 0 Å². The van der Waals surface area contributed by atoms with Crippen molar-refractivity contribution in [3.05, 3.63) is 82.1 Å². The van der Waals surface area contributed by atoms with Crippen LogP contribution in [-0.4, -0.2) is 56.6 Å². The van der Waals surface area contributed by atoms with E-state index in [1.54, 1.807) is 29.9 Å². The molecule has 0 radical (unpaired) electrons. The smallest absolute Gasteiger partial charge is 0.264 e. The van der Waals surface area contributed by atoms with Crippen LogP contribution in [0.15, 0.2) is 60.2 Å². The van der Waals surface area contributed by atoms with Gasteiger partial charge < -0.3 is 15.1 Å². The van der Waals surface area contributed by atoms with Gasteiger partial charge >= 0.3 is 0 Å². The second-order valence-electron chi connectivity index (χ2n) is 9.20. The molecular weight excluding hydrogens is 489 g/mol. The summed E-state index contributed by atoms with van der Waals surface area (Å²) in [6, 6.07) is 12.7. The van der Waals surface area contributed by atoms with Crippen LogP contribution in [0.1, 0.15) is 33.8 Å². The number of halogens is 1. The van der Waals surface area contributed by atoms with Gasteiger partial charge in [-0.25, -0.2) is 14.4 Å². The minimum Gasteiger partial charge on any atom is -0.363 e. The maximum atomic E-state index is 14.4. The number of amides is 1. The largest absolute Gasteiger partial charge is 0.363 e. The number of carbonyl (C=O) groups is 1. The molecule has 8 nitrogen and oxygen atoms in total. The van der Waals surface area contributed by atoms with E-state index < -0.39 is 0 Å². The summed E-state index contributed by atoms with van der Waals surface area (Å²) in [6.07, 6.45) is 3.47. The average molecular weight is 516 g/mol. The maximum absolute atomic E-state index is 14.4. The molecule has 6 rings (SSSR count). The molecule has 1 N–H and O–H groups in total. The van der Waals surface area contributed by atoms with Crippen molar-refractivity contribution in [2.75, 3.05) is 36.4 Å². The highest BCUT2D eigenvalue weighted by Gasteiger charge is 2.27. The van der Waals surface area contributed by atoms with Gasteiger partial charge in [0.15, 0.2) is 5.65 Å². The van der Waals surface area contributed by atoms with Crippen molar-refractivity contribution in [2.45, 2.75) is 19.9 Å². The Bertz CT molecular complexity index is 1590. The lowest BCUT2D eigenvalue weighted by atomic mass is 10.0. The normalized spacial score (nSPS) is 14.9. The summed E-state index contributed by atoms with van der Waals surface area (Å²) in [5.41, 5.74) is 2.94. The first-order valence-electron chi connectivity index (χ1n) is 12.2. The predicted molar refractivity (Wildman–Crippen MR) is 144 cm³/mol. The number of aromatic nitrogens is 4. The van der Waals surface area contributed by atoms with Crippen molar-refractivity contribution in [1.29, 1.82) is 0 Å². The zero-order valence-corrected chi connectivity index (χ0v) is 21.4. The number of piperazine rings is 1. The minimum absolute atomic E-state index is 0.0650. The molecule has 0 aliphatic carbocycles. The minimum atomic E-state index is -0.269. The standard InChI is InChI=1S/C27H26FN7OS/c1-17-21(28)6-5-19-16-20(18(2)31-24-7-9-29-23-8-10-30-35(23)24)26(32-25(17)19)33-11-13-34(14-12-33)27(36)22-4-3-15-37-22/h3-10,15-16,18,31H,11-14H2,1-2H3. The molecule has 0 bridgehead atoms. The van der Waals surface area contributed by atoms with Gasteiger partial charge in [-0.1, -0.05) is 6.07 Å². The zero-order chi connectivity index (χ0) is 25.5. The van der Waals surface area contributed by atoms with Crippen LogP contribution in [0.4, 0.5) is 16.0 Å². The third kappa shape index (κ3) is 4.27. The number of benzene rings is 1. The van der Waals surface area contributed by atoms with Crippen LogP contribution in [0.3, 0.4) is 0 Å². The molecule has 1 aliphatic rings. The number of nitrogens with zero attached hydrogens (tertiary/aromatic N) is 6. The Kier molecular flexibility index (Phi) is 5.96. The Hall–Kier alpha value is -4.05. The van der Waals surface area contributed by atoms with Crippen molar-refractivity contribution in [1.82, 2.24) is 24.5 Å². The first kappa shape index (κ1) is 23.4. The molecule has 1 saturated heterocycles. The highest BCUT2D eigenvalue weighted by Crippen LogP contribution is 2.33. The molecule has 4 aromatic heterocycles. The molecule has 1 unspecified atom stereocenters. The van der Waals surface area contributed by atoms with Gasteiger partial charge in [0.1, 0.15) is 17.5 Å². The predicted octanol–water partition coefficient (Wildman–Crippen LogP) is 4.92. The Balaban J connectivity index is 1.34. The zero-order valence-electron chi connectivity index (χ0n) is 20.6. The lowest BCUT2D eigenvalue weighted by Gasteiger charge is -2.37. The molecule has 1 aromatic carbocycles. The molecule has 188 valence electrons. The van der Waals surface area contributed by atoms with Gasteiger partial charge in [0.25, 0.3) is 5.91 Å². The van der Waals surface area contributed by atoms with Gasteiger partial charge in [-0.15, -0.1) is 11.3 Å². The number of fused-ring (bicyclic) bond motifs is 2. The van der Waals surface area contributed by atoms with Crippen LogP contribution < -0.4 is 10.2 Å². The summed E-state index contributed by atoms with van der Waals surface area (Å²) in [7, 11) is 0. The Morgan fingerprint density at radius 2 is 1.95 bits per heavy atom. The number of hydrogen-bond acceptors (Lipinski definition) is 7. The summed E-state index contributed by atoms with van der Waals surface area (Å²) in [6.45, 7) is 6.31. The lowest BCUT2D eigenvalue weighted by Crippen LogP contribution is -2.49. The number of thiophene rings is 1. The lowest BCUT2D eigenvalue weighted by molar-refractivity contribution is 0.0751. The van der Waals surface area contributed by atoms with Crippen molar-refractivity contribution < 1.29 is 9.18 Å². The number of hydrogen-bond donors (Lipinski definition) is 1. The average Bonchev–Trinajstić information content (AvgIpc) is 3.63. The Labute approximate surface area is 217 Å². The fraction of sp³-hybridized carbons (Fsp3) is 0.259. The van der Waals surface area contributed by atoms with Crippen LogP contribution in [0.2, 0.25) is 0 Å². The summed E-state index contributed by atoms with van der Waals surface area (Å²) in [4.78, 5) is 27.1. The topological polar surface area (TPSA) is 78.7 Å². The van der Waals surface area contributed by atoms with E-state index in [1.165, 1.54) is 17.4 Å². The Morgan fingerprint density at radius 3 is 2.73 bits per heavy atom. The highest BCUT2D eigenvalue weighted by molar-refractivity contribution is 7.12. The van der Waals surface area contributed by atoms with Gasteiger partial charge in [0.2, 0.25) is 0 Å². The van der Waals surface area contributed by atoms with E-state index in [0.717, 1.165) is 33.1 Å². The molecule has 37 heavy (non-hydrogen) atoms. The van der Waals surface area contributed by atoms with E-state index in [9.17, 15) is 9.18 Å². The number of nitrogens with one attached hydrogen (secondary N) is 1. The van der Waals surface area contributed by atoms with Crippen LogP contribution in [-0.2, 0) is 0 Å². The fourth-order valence-corrected chi connectivity index (χ4v) is 5.55. The molecule has 0 spiro atoms. The van der Waals surface area contributed by atoms with E-state index in [-0.39, 0.29) is 17.8 Å². The summed E-state index contributed by atoms with van der Waals surface area (Å²) < 4.78 is 16.2. The van der Waals surface area contributed by atoms with E-state index in [1.807, 2.05) is 34.5 Å². The third-order valence-corrected chi connectivity index (χ3v) is 7.76. The number of rotatable bonds is 5. The van der Waals surface area contributed by atoms with Crippen molar-refractivity contribution in [2.24, 2.45) is 0 Å². The monoisotopic (exact) mass is 515 g/mol. The van der Waals surface area contributed by atoms with E-state index >= 15 is 0 Å². The maximum Gasteiger partial charge on any atom is 0.264 e. The van der Waals surface area contributed by atoms with Gasteiger partial charge in [-0.2, -0.15) is 9.61 Å². The fourth-order valence-electron chi connectivity index (χ4n) is 4.86. The molecule has 1 atom stereocenters. The van der Waals surface area contributed by atoms with E-state index in [0.29, 0.717) is 37.3 Å². The van der Waals surface area contributed by atoms with Gasteiger partial charge in [0.05, 0.1) is 22.6 Å². The van der Waals surface area contributed by atoms with Crippen molar-refractivity contribution >= 4 is 45.4 Å². The number of aryl methyl sites for hydroxylation is 1. The van der Waals surface area contributed by atoms with Gasteiger partial charge in [0, 0.05) is 55.0 Å². The first-order chi connectivity index (χ1) is 18.0. The number of carbonyl (C=O) groups excluding carboxylic acids is 1. The molecule has 5 heterocycles. The van der Waals surface area contributed by atoms with Crippen molar-refractivity contribution in [3.63, 3.8) is 0 Å². The van der Waals surface area contributed by atoms with Crippen LogP contribution in [0.25, 0.3) is 16.6 Å². The van der Waals surface area contributed by atoms with Crippen LogP contribution in [0, 0.1) is 12.7 Å². The highest BCUT2D eigenvalue weighted by atomic mass is 32.1. The number of anilines is 2. The molecule has 10 heteroatoms. The number of pyridine rings is 1. The summed E-state index contributed by atoms with van der Waals surface area (Å²) in [5, 5.41) is 10.7. The van der Waals surface area contributed by atoms with Crippen molar-refractivity contribution in [3.8, 4) is 0 Å².